The van der Waals surface area contributed by atoms with Crippen LogP contribution in [0.3, 0.4) is 0 Å². The van der Waals surface area contributed by atoms with Crippen LogP contribution in [0.5, 0.6) is 5.75 Å². The highest BCUT2D eigenvalue weighted by Gasteiger charge is 2.37. The SMILES string of the molecule is COC(=O)CC1CN(S(=O)(=O)c2ccc(COc3cccc([C@@H](CC(=O)OC(C)(C)C)c4ccccc4)c3)cc2)C1. The third-order valence-electron chi connectivity index (χ3n) is 6.83. The standard InChI is InChI=1S/C32H37NO7S/c1-32(2,3)40-31(35)19-29(25-9-6-5-7-10-25)26-11-8-12-27(18-26)39-22-23-13-15-28(16-14-23)41(36,37)33-20-24(21-33)17-30(34)38-4/h5-16,18,24,29H,17,19-22H2,1-4H3/t29-/m0/s1. The van der Waals surface area contributed by atoms with E-state index in [9.17, 15) is 18.0 Å². The van der Waals surface area contributed by atoms with Crippen molar-refractivity contribution in [2.24, 2.45) is 5.92 Å². The first-order valence-corrected chi connectivity index (χ1v) is 15.0. The highest BCUT2D eigenvalue weighted by Crippen LogP contribution is 2.32. The lowest BCUT2D eigenvalue weighted by Crippen LogP contribution is -2.50. The molecule has 0 aliphatic carbocycles. The maximum Gasteiger partial charge on any atom is 0.307 e. The molecular formula is C32H37NO7S. The Hall–Kier alpha value is -3.69. The fourth-order valence-corrected chi connectivity index (χ4v) is 6.32. The van der Waals surface area contributed by atoms with Crippen molar-refractivity contribution >= 4 is 22.0 Å². The third-order valence-corrected chi connectivity index (χ3v) is 8.67. The van der Waals surface area contributed by atoms with Crippen molar-refractivity contribution in [3.63, 3.8) is 0 Å². The molecule has 0 N–H and O–H groups in total. The van der Waals surface area contributed by atoms with Gasteiger partial charge >= 0.3 is 11.9 Å². The van der Waals surface area contributed by atoms with Crippen LogP contribution in [0.15, 0.2) is 83.8 Å². The minimum Gasteiger partial charge on any atom is -0.489 e. The maximum atomic E-state index is 12.9. The first-order chi connectivity index (χ1) is 19.4. The molecule has 8 nitrogen and oxygen atoms in total. The van der Waals surface area contributed by atoms with Gasteiger partial charge in [0, 0.05) is 19.0 Å². The zero-order valence-electron chi connectivity index (χ0n) is 23.9. The fraction of sp³-hybridized carbons (Fsp3) is 0.375. The number of rotatable bonds is 11. The zero-order chi connectivity index (χ0) is 29.6. The van der Waals surface area contributed by atoms with Crippen molar-refractivity contribution in [1.82, 2.24) is 4.31 Å². The molecule has 4 rings (SSSR count). The number of hydrogen-bond acceptors (Lipinski definition) is 7. The van der Waals surface area contributed by atoms with E-state index < -0.39 is 15.6 Å². The number of esters is 2. The first kappa shape index (κ1) is 30.3. The summed E-state index contributed by atoms with van der Waals surface area (Å²) in [5.74, 6) is -0.189. The van der Waals surface area contributed by atoms with Crippen LogP contribution >= 0.6 is 0 Å². The lowest BCUT2D eigenvalue weighted by atomic mass is 9.88. The second kappa shape index (κ2) is 12.9. The molecule has 41 heavy (non-hydrogen) atoms. The lowest BCUT2D eigenvalue weighted by molar-refractivity contribution is -0.155. The Bertz CT molecular complexity index is 1440. The summed E-state index contributed by atoms with van der Waals surface area (Å²) in [6.45, 7) is 6.41. The molecule has 1 atom stereocenters. The monoisotopic (exact) mass is 579 g/mol. The molecule has 1 heterocycles. The van der Waals surface area contributed by atoms with Gasteiger partial charge in [-0.15, -0.1) is 0 Å². The zero-order valence-corrected chi connectivity index (χ0v) is 24.7. The molecular weight excluding hydrogens is 542 g/mol. The molecule has 0 aromatic heterocycles. The molecule has 9 heteroatoms. The number of sulfonamides is 1. The Labute approximate surface area is 242 Å². The number of methoxy groups -OCH3 is 1. The van der Waals surface area contributed by atoms with Gasteiger partial charge in [-0.05, 0) is 67.6 Å². The topological polar surface area (TPSA) is 99.2 Å². The smallest absolute Gasteiger partial charge is 0.307 e. The Kier molecular flexibility index (Phi) is 9.50. The molecule has 0 amide bonds. The quantitative estimate of drug-likeness (QED) is 0.284. The minimum absolute atomic E-state index is 0.0220. The molecule has 1 fully saturated rings. The van der Waals surface area contributed by atoms with Gasteiger partial charge in [0.25, 0.3) is 0 Å². The van der Waals surface area contributed by atoms with E-state index in [1.54, 1.807) is 24.3 Å². The Balaban J connectivity index is 1.40. The van der Waals surface area contributed by atoms with Crippen LogP contribution in [0, 0.1) is 5.92 Å². The average Bonchev–Trinajstić information content (AvgIpc) is 2.92. The predicted octanol–water partition coefficient (Wildman–Crippen LogP) is 5.31. The third kappa shape index (κ3) is 8.17. The number of nitrogens with zero attached hydrogens (tertiary/aromatic N) is 1. The van der Waals surface area contributed by atoms with Gasteiger partial charge in [-0.25, -0.2) is 8.42 Å². The highest BCUT2D eigenvalue weighted by molar-refractivity contribution is 7.89. The van der Waals surface area contributed by atoms with E-state index in [1.807, 2.05) is 75.4 Å². The van der Waals surface area contributed by atoms with Crippen LogP contribution in [0.1, 0.15) is 56.2 Å². The van der Waals surface area contributed by atoms with E-state index in [2.05, 4.69) is 4.74 Å². The summed E-state index contributed by atoms with van der Waals surface area (Å²) in [4.78, 5) is 24.4. The summed E-state index contributed by atoms with van der Waals surface area (Å²) in [5, 5.41) is 0. The molecule has 1 aliphatic heterocycles. The highest BCUT2D eigenvalue weighted by atomic mass is 32.2. The Morgan fingerprint density at radius 3 is 2.20 bits per heavy atom. The molecule has 0 radical (unpaired) electrons. The van der Waals surface area contributed by atoms with Gasteiger partial charge in [-0.1, -0.05) is 54.6 Å². The van der Waals surface area contributed by atoms with Crippen LogP contribution in [-0.4, -0.2) is 50.5 Å². The van der Waals surface area contributed by atoms with E-state index in [1.165, 1.54) is 11.4 Å². The summed E-state index contributed by atoms with van der Waals surface area (Å²) in [7, 11) is -2.30. The second-order valence-electron chi connectivity index (χ2n) is 11.2. The molecule has 0 saturated carbocycles. The molecule has 218 valence electrons. The van der Waals surface area contributed by atoms with Crippen molar-refractivity contribution in [3.8, 4) is 5.75 Å². The number of carbonyl (C=O) groups is 2. The summed E-state index contributed by atoms with van der Waals surface area (Å²) in [5.41, 5.74) is 2.18. The summed E-state index contributed by atoms with van der Waals surface area (Å²) in [6.07, 6.45) is 0.411. The predicted molar refractivity (Wildman–Crippen MR) is 155 cm³/mol. The number of carbonyl (C=O) groups excluding carboxylic acids is 2. The van der Waals surface area contributed by atoms with Gasteiger partial charge in [-0.3, -0.25) is 9.59 Å². The molecule has 0 unspecified atom stereocenters. The summed E-state index contributed by atoms with van der Waals surface area (Å²) < 4.78 is 43.5. The summed E-state index contributed by atoms with van der Waals surface area (Å²) >= 11 is 0. The van der Waals surface area contributed by atoms with Crippen LogP contribution in [-0.2, 0) is 35.7 Å². The van der Waals surface area contributed by atoms with Gasteiger partial charge in [-0.2, -0.15) is 4.31 Å². The normalized spacial score (nSPS) is 15.0. The van der Waals surface area contributed by atoms with E-state index >= 15 is 0 Å². The van der Waals surface area contributed by atoms with Crippen LogP contribution in [0.4, 0.5) is 0 Å². The van der Waals surface area contributed by atoms with E-state index in [4.69, 9.17) is 9.47 Å². The number of ether oxygens (including phenoxy) is 3. The van der Waals surface area contributed by atoms with Crippen LogP contribution in [0.2, 0.25) is 0 Å². The van der Waals surface area contributed by atoms with Gasteiger partial charge in [0.1, 0.15) is 18.0 Å². The van der Waals surface area contributed by atoms with E-state index in [-0.39, 0.29) is 48.1 Å². The van der Waals surface area contributed by atoms with E-state index in [0.29, 0.717) is 18.8 Å². The molecule has 0 bridgehead atoms. The lowest BCUT2D eigenvalue weighted by Gasteiger charge is -2.37. The van der Waals surface area contributed by atoms with Crippen molar-refractivity contribution in [2.45, 2.75) is 56.6 Å². The maximum absolute atomic E-state index is 12.9. The van der Waals surface area contributed by atoms with Gasteiger partial charge in [0.2, 0.25) is 10.0 Å². The van der Waals surface area contributed by atoms with Crippen molar-refractivity contribution in [1.29, 1.82) is 0 Å². The molecule has 3 aromatic rings. The first-order valence-electron chi connectivity index (χ1n) is 13.6. The minimum atomic E-state index is -3.62. The molecule has 1 saturated heterocycles. The van der Waals surface area contributed by atoms with Crippen molar-refractivity contribution in [3.05, 3.63) is 95.6 Å². The van der Waals surface area contributed by atoms with Gasteiger partial charge in [0.05, 0.1) is 24.8 Å². The average molecular weight is 580 g/mol. The molecule has 1 aliphatic rings. The van der Waals surface area contributed by atoms with Gasteiger partial charge in [0.15, 0.2) is 0 Å². The van der Waals surface area contributed by atoms with Crippen molar-refractivity contribution in [2.75, 3.05) is 20.2 Å². The summed E-state index contributed by atoms with van der Waals surface area (Å²) in [6, 6.07) is 24.1. The molecule has 0 spiro atoms. The van der Waals surface area contributed by atoms with Crippen molar-refractivity contribution < 1.29 is 32.2 Å². The van der Waals surface area contributed by atoms with E-state index in [0.717, 1.165) is 16.7 Å². The van der Waals surface area contributed by atoms with Gasteiger partial charge < -0.3 is 14.2 Å². The van der Waals surface area contributed by atoms with Crippen LogP contribution < -0.4 is 4.74 Å². The number of benzene rings is 3. The largest absolute Gasteiger partial charge is 0.489 e. The van der Waals surface area contributed by atoms with Crippen LogP contribution in [0.25, 0.3) is 0 Å². The Morgan fingerprint density at radius 1 is 0.902 bits per heavy atom. The second-order valence-corrected chi connectivity index (χ2v) is 13.2. The molecule has 3 aromatic carbocycles. The number of hydrogen-bond donors (Lipinski definition) is 0. The Morgan fingerprint density at radius 2 is 1.56 bits per heavy atom. The fourth-order valence-electron chi connectivity index (χ4n) is 4.72.